The highest BCUT2D eigenvalue weighted by molar-refractivity contribution is 5.78. The van der Waals surface area contributed by atoms with Crippen LogP contribution in [0.2, 0.25) is 0 Å². The van der Waals surface area contributed by atoms with Crippen LogP contribution in [-0.2, 0) is 4.74 Å². The van der Waals surface area contributed by atoms with Gasteiger partial charge in [0.05, 0.1) is 29.2 Å². The number of nitro benzene ring substituents is 1. The molecule has 1 aliphatic rings. The maximum absolute atomic E-state index is 12.7. The number of hydrogen-bond donors (Lipinski definition) is 1. The minimum atomic E-state index is -0.669. The summed E-state index contributed by atoms with van der Waals surface area (Å²) in [4.78, 5) is 31.4. The van der Waals surface area contributed by atoms with E-state index in [-0.39, 0.29) is 31.4 Å². The molecule has 33 heavy (non-hydrogen) atoms. The minimum absolute atomic E-state index is 0.127. The van der Waals surface area contributed by atoms with Crippen LogP contribution in [-0.4, -0.2) is 63.4 Å². The first-order chi connectivity index (χ1) is 15.6. The third kappa shape index (κ3) is 5.21. The van der Waals surface area contributed by atoms with Crippen LogP contribution in [0.1, 0.15) is 33.3 Å². The smallest absolute Gasteiger partial charge is 0.410 e. The predicted octanol–water partition coefficient (Wildman–Crippen LogP) is 3.33. The lowest BCUT2D eigenvalue weighted by Gasteiger charge is -2.45. The molecular weight excluding hydrogens is 426 g/mol. The summed E-state index contributed by atoms with van der Waals surface area (Å²) in [6, 6.07) is 7.39. The van der Waals surface area contributed by atoms with Crippen molar-refractivity contribution in [3.63, 3.8) is 0 Å². The van der Waals surface area contributed by atoms with Gasteiger partial charge in [-0.1, -0.05) is 0 Å². The summed E-state index contributed by atoms with van der Waals surface area (Å²) in [5, 5.41) is 31.3. The van der Waals surface area contributed by atoms with E-state index >= 15 is 0 Å². The van der Waals surface area contributed by atoms with Crippen molar-refractivity contribution in [2.24, 2.45) is 0 Å². The maximum Gasteiger partial charge on any atom is 0.410 e. The summed E-state index contributed by atoms with van der Waals surface area (Å²) in [7, 11) is 0. The molecule has 1 fully saturated rings. The number of aliphatic hydroxyl groups is 1. The molecule has 2 unspecified atom stereocenters. The molecular formula is C23H27N5O5. The number of benzene rings is 1. The molecule has 174 valence electrons. The SMILES string of the molecule is CC1CN(c2cc(-c3cnccc3C#N)ccc2[N+](=O)[O-])C(CO)CN1C(=O)OC(C)(C)C. The number of nitriles is 1. The largest absolute Gasteiger partial charge is 0.444 e. The molecule has 1 saturated heterocycles. The van der Waals surface area contributed by atoms with E-state index in [1.807, 2.05) is 6.92 Å². The number of hydrogen-bond acceptors (Lipinski definition) is 8. The van der Waals surface area contributed by atoms with E-state index in [9.17, 15) is 25.3 Å². The van der Waals surface area contributed by atoms with Crippen molar-refractivity contribution >= 4 is 17.5 Å². The van der Waals surface area contributed by atoms with Gasteiger partial charge in [0.25, 0.3) is 5.69 Å². The molecule has 0 saturated carbocycles. The Labute approximate surface area is 192 Å². The molecule has 1 aromatic carbocycles. The van der Waals surface area contributed by atoms with Gasteiger partial charge >= 0.3 is 6.09 Å². The number of carbonyl (C=O) groups excluding carboxylic acids is 1. The number of ether oxygens (including phenoxy) is 1. The summed E-state index contributed by atoms with van der Waals surface area (Å²) in [6.45, 7) is 7.24. The minimum Gasteiger partial charge on any atom is -0.444 e. The lowest BCUT2D eigenvalue weighted by molar-refractivity contribution is -0.384. The second-order valence-corrected chi connectivity index (χ2v) is 8.96. The van der Waals surface area contributed by atoms with Gasteiger partial charge in [-0.3, -0.25) is 15.1 Å². The maximum atomic E-state index is 12.7. The molecule has 0 aliphatic carbocycles. The Morgan fingerprint density at radius 3 is 2.70 bits per heavy atom. The van der Waals surface area contributed by atoms with Gasteiger partial charge in [0.1, 0.15) is 11.3 Å². The summed E-state index contributed by atoms with van der Waals surface area (Å²) >= 11 is 0. The number of amides is 1. The van der Waals surface area contributed by atoms with Gasteiger partial charge in [-0.15, -0.1) is 0 Å². The summed E-state index contributed by atoms with van der Waals surface area (Å²) in [5.74, 6) is 0. The van der Waals surface area contributed by atoms with Crippen LogP contribution in [0.5, 0.6) is 0 Å². The second kappa shape index (κ2) is 9.42. The number of aromatic nitrogens is 1. The Kier molecular flexibility index (Phi) is 6.84. The first kappa shape index (κ1) is 23.9. The van der Waals surface area contributed by atoms with Gasteiger partial charge < -0.3 is 19.6 Å². The van der Waals surface area contributed by atoms with Crippen LogP contribution in [0.15, 0.2) is 36.7 Å². The van der Waals surface area contributed by atoms with Gasteiger partial charge in [0, 0.05) is 43.2 Å². The van der Waals surface area contributed by atoms with Crippen LogP contribution in [0, 0.1) is 21.4 Å². The van der Waals surface area contributed by atoms with Gasteiger partial charge in [0.15, 0.2) is 0 Å². The molecule has 0 bridgehead atoms. The molecule has 1 N–H and O–H groups in total. The number of carbonyl (C=O) groups is 1. The Hall–Kier alpha value is -3.71. The normalized spacial score (nSPS) is 18.5. The van der Waals surface area contributed by atoms with E-state index in [4.69, 9.17) is 4.74 Å². The average Bonchev–Trinajstić information content (AvgIpc) is 2.77. The van der Waals surface area contributed by atoms with Gasteiger partial charge in [-0.25, -0.2) is 4.79 Å². The van der Waals surface area contributed by atoms with Crippen molar-refractivity contribution in [3.8, 4) is 17.2 Å². The Bertz CT molecular complexity index is 1090. The number of nitrogens with zero attached hydrogens (tertiary/aromatic N) is 5. The van der Waals surface area contributed by atoms with E-state index in [1.54, 1.807) is 43.9 Å². The van der Waals surface area contributed by atoms with E-state index in [1.165, 1.54) is 23.4 Å². The van der Waals surface area contributed by atoms with Crippen LogP contribution in [0.3, 0.4) is 0 Å². The Morgan fingerprint density at radius 1 is 1.36 bits per heavy atom. The third-order valence-electron chi connectivity index (χ3n) is 5.41. The lowest BCUT2D eigenvalue weighted by Crippen LogP contribution is -2.61. The molecule has 3 rings (SSSR count). The molecule has 10 heteroatoms. The van der Waals surface area contributed by atoms with Crippen molar-refractivity contribution in [1.82, 2.24) is 9.88 Å². The quantitative estimate of drug-likeness (QED) is 0.550. The monoisotopic (exact) mass is 453 g/mol. The molecule has 2 aromatic rings. The highest BCUT2D eigenvalue weighted by atomic mass is 16.6. The zero-order valence-electron chi connectivity index (χ0n) is 19.1. The van der Waals surface area contributed by atoms with Crippen molar-refractivity contribution < 1.29 is 19.6 Å². The van der Waals surface area contributed by atoms with Crippen LogP contribution >= 0.6 is 0 Å². The van der Waals surface area contributed by atoms with Crippen molar-refractivity contribution in [2.45, 2.75) is 45.4 Å². The molecule has 2 heterocycles. The fourth-order valence-corrected chi connectivity index (χ4v) is 3.86. The van der Waals surface area contributed by atoms with E-state index in [0.29, 0.717) is 22.4 Å². The van der Waals surface area contributed by atoms with E-state index in [0.717, 1.165) is 0 Å². The van der Waals surface area contributed by atoms with Crippen molar-refractivity contribution in [1.29, 1.82) is 5.26 Å². The number of pyridine rings is 1. The molecule has 1 aromatic heterocycles. The fourth-order valence-electron chi connectivity index (χ4n) is 3.86. The van der Waals surface area contributed by atoms with Crippen LogP contribution in [0.4, 0.5) is 16.2 Å². The zero-order valence-corrected chi connectivity index (χ0v) is 19.1. The first-order valence-corrected chi connectivity index (χ1v) is 10.6. The Balaban J connectivity index is 2.01. The topological polar surface area (TPSA) is 133 Å². The number of anilines is 1. The highest BCUT2D eigenvalue weighted by Crippen LogP contribution is 2.37. The molecule has 0 radical (unpaired) electrons. The van der Waals surface area contributed by atoms with E-state index in [2.05, 4.69) is 11.1 Å². The predicted molar refractivity (Wildman–Crippen MR) is 122 cm³/mol. The molecule has 2 atom stereocenters. The number of piperazine rings is 1. The molecule has 0 spiro atoms. The Morgan fingerprint density at radius 2 is 2.09 bits per heavy atom. The van der Waals surface area contributed by atoms with Gasteiger partial charge in [-0.05, 0) is 51.5 Å². The summed E-state index contributed by atoms with van der Waals surface area (Å²) in [5.41, 5.74) is 1.05. The second-order valence-electron chi connectivity index (χ2n) is 8.96. The molecule has 1 aliphatic heterocycles. The summed E-state index contributed by atoms with van der Waals surface area (Å²) < 4.78 is 5.49. The standard InChI is InChI=1S/C23H27N5O5/c1-15-12-27(18(14-29)13-26(15)22(30)33-23(2,3)4)21-9-16(5-6-20(21)28(31)32)19-11-25-8-7-17(19)10-24/h5-9,11,15,18,29H,12-14H2,1-4H3. The highest BCUT2D eigenvalue weighted by Gasteiger charge is 2.38. The lowest BCUT2D eigenvalue weighted by atomic mass is 9.99. The van der Waals surface area contributed by atoms with Crippen LogP contribution < -0.4 is 4.90 Å². The van der Waals surface area contributed by atoms with Gasteiger partial charge in [-0.2, -0.15) is 5.26 Å². The fraction of sp³-hybridized carbons (Fsp3) is 0.435. The van der Waals surface area contributed by atoms with Gasteiger partial charge in [0.2, 0.25) is 0 Å². The van der Waals surface area contributed by atoms with Crippen molar-refractivity contribution in [3.05, 3.63) is 52.3 Å². The average molecular weight is 453 g/mol. The van der Waals surface area contributed by atoms with E-state index < -0.39 is 22.7 Å². The molecule has 10 nitrogen and oxygen atoms in total. The first-order valence-electron chi connectivity index (χ1n) is 10.6. The molecule has 1 amide bonds. The van der Waals surface area contributed by atoms with Crippen LogP contribution in [0.25, 0.3) is 11.1 Å². The van der Waals surface area contributed by atoms with Crippen molar-refractivity contribution in [2.75, 3.05) is 24.6 Å². The summed E-state index contributed by atoms with van der Waals surface area (Å²) in [6.07, 6.45) is 2.55. The zero-order chi connectivity index (χ0) is 24.3. The third-order valence-corrected chi connectivity index (χ3v) is 5.41. The number of nitro groups is 1. The number of rotatable bonds is 4. The number of aliphatic hydroxyl groups excluding tert-OH is 1.